The molecule has 0 saturated carbocycles. The standard InChI is InChI=1S/C12H13Cl2N3O2/c13-8-4-10-11(5-9(8)14)17(16-15-10)12-3-1-2-7(6-18)19-12/h4-5,7,12,18H,1-3,6H2/t7-,12+/m1/s1. The normalized spacial score (nSPS) is 23.9. The van der Waals surface area contributed by atoms with E-state index in [1.165, 1.54) is 0 Å². The first-order valence-corrected chi connectivity index (χ1v) is 6.91. The predicted molar refractivity (Wildman–Crippen MR) is 72.4 cm³/mol. The molecule has 7 heteroatoms. The molecule has 1 saturated heterocycles. The van der Waals surface area contributed by atoms with E-state index in [0.29, 0.717) is 15.6 Å². The number of aliphatic hydroxyl groups is 1. The lowest BCUT2D eigenvalue weighted by Gasteiger charge is -2.28. The molecule has 2 atom stereocenters. The molecule has 0 aliphatic carbocycles. The Balaban J connectivity index is 1.98. The Morgan fingerprint density at radius 3 is 2.89 bits per heavy atom. The molecule has 1 N–H and O–H groups in total. The Hall–Kier alpha value is -0.880. The number of nitrogens with zero attached hydrogens (tertiary/aromatic N) is 3. The summed E-state index contributed by atoms with van der Waals surface area (Å²) in [6.07, 6.45) is 2.34. The van der Waals surface area contributed by atoms with Gasteiger partial charge in [0.2, 0.25) is 0 Å². The molecule has 1 aliphatic heterocycles. The number of rotatable bonds is 2. The van der Waals surface area contributed by atoms with E-state index in [9.17, 15) is 5.11 Å². The molecular weight excluding hydrogens is 289 g/mol. The molecule has 0 spiro atoms. The van der Waals surface area contributed by atoms with Crippen molar-refractivity contribution in [2.75, 3.05) is 6.61 Å². The molecule has 1 aromatic heterocycles. The summed E-state index contributed by atoms with van der Waals surface area (Å²) in [5.41, 5.74) is 1.47. The van der Waals surface area contributed by atoms with Crippen LogP contribution in [0.1, 0.15) is 25.5 Å². The SMILES string of the molecule is OC[C@H]1CCC[C@@H](n2nnc3cc(Cl)c(Cl)cc32)O1. The Morgan fingerprint density at radius 2 is 2.11 bits per heavy atom. The van der Waals surface area contributed by atoms with Gasteiger partial charge in [0.15, 0.2) is 6.23 Å². The quantitative estimate of drug-likeness (QED) is 0.926. The number of benzene rings is 1. The zero-order valence-corrected chi connectivity index (χ0v) is 11.6. The van der Waals surface area contributed by atoms with Crippen molar-refractivity contribution in [3.05, 3.63) is 22.2 Å². The summed E-state index contributed by atoms with van der Waals surface area (Å²) in [5.74, 6) is 0. The van der Waals surface area contributed by atoms with E-state index >= 15 is 0 Å². The fourth-order valence-electron chi connectivity index (χ4n) is 2.34. The minimum atomic E-state index is -0.215. The van der Waals surface area contributed by atoms with Crippen LogP contribution in [0.2, 0.25) is 10.0 Å². The van der Waals surface area contributed by atoms with Gasteiger partial charge in [-0.15, -0.1) is 5.10 Å². The maximum atomic E-state index is 9.19. The Kier molecular flexibility index (Phi) is 3.62. The van der Waals surface area contributed by atoms with E-state index in [1.54, 1.807) is 16.8 Å². The van der Waals surface area contributed by atoms with E-state index in [4.69, 9.17) is 27.9 Å². The van der Waals surface area contributed by atoms with E-state index < -0.39 is 0 Å². The molecule has 5 nitrogen and oxygen atoms in total. The van der Waals surface area contributed by atoms with Gasteiger partial charge in [-0.25, -0.2) is 4.68 Å². The average Bonchev–Trinajstić information content (AvgIpc) is 2.82. The highest BCUT2D eigenvalue weighted by Crippen LogP contribution is 2.31. The van der Waals surface area contributed by atoms with Crippen molar-refractivity contribution in [2.45, 2.75) is 31.6 Å². The largest absolute Gasteiger partial charge is 0.394 e. The second-order valence-electron chi connectivity index (χ2n) is 4.62. The Morgan fingerprint density at radius 1 is 1.32 bits per heavy atom. The highest BCUT2D eigenvalue weighted by molar-refractivity contribution is 6.42. The van der Waals surface area contributed by atoms with Gasteiger partial charge in [-0.2, -0.15) is 0 Å². The van der Waals surface area contributed by atoms with Crippen LogP contribution in [0.5, 0.6) is 0 Å². The number of hydrogen-bond donors (Lipinski definition) is 1. The van der Waals surface area contributed by atoms with Gasteiger partial charge in [0.1, 0.15) is 5.52 Å². The highest BCUT2D eigenvalue weighted by Gasteiger charge is 2.25. The Labute approximate surface area is 120 Å². The van der Waals surface area contributed by atoms with Crippen molar-refractivity contribution in [1.29, 1.82) is 0 Å². The lowest BCUT2D eigenvalue weighted by atomic mass is 10.1. The maximum Gasteiger partial charge on any atom is 0.153 e. The first-order chi connectivity index (χ1) is 9.19. The lowest BCUT2D eigenvalue weighted by Crippen LogP contribution is -2.29. The fraction of sp³-hybridized carbons (Fsp3) is 0.500. The van der Waals surface area contributed by atoms with Gasteiger partial charge in [-0.05, 0) is 31.4 Å². The van der Waals surface area contributed by atoms with Gasteiger partial charge in [-0.3, -0.25) is 0 Å². The minimum absolute atomic E-state index is 0.0235. The van der Waals surface area contributed by atoms with Crippen molar-refractivity contribution in [3.8, 4) is 0 Å². The van der Waals surface area contributed by atoms with Gasteiger partial charge in [0.05, 0.1) is 28.3 Å². The summed E-state index contributed by atoms with van der Waals surface area (Å²) >= 11 is 12.0. The number of ether oxygens (including phenoxy) is 1. The minimum Gasteiger partial charge on any atom is -0.394 e. The van der Waals surface area contributed by atoms with Crippen LogP contribution in [0.25, 0.3) is 11.0 Å². The molecule has 0 bridgehead atoms. The van der Waals surface area contributed by atoms with Crippen LogP contribution in [0.3, 0.4) is 0 Å². The summed E-state index contributed by atoms with van der Waals surface area (Å²) in [7, 11) is 0. The van der Waals surface area contributed by atoms with E-state index in [-0.39, 0.29) is 18.9 Å². The molecule has 2 heterocycles. The van der Waals surface area contributed by atoms with Crippen molar-refractivity contribution in [1.82, 2.24) is 15.0 Å². The first kappa shape index (κ1) is 13.1. The van der Waals surface area contributed by atoms with Crippen LogP contribution < -0.4 is 0 Å². The zero-order valence-electron chi connectivity index (χ0n) is 10.1. The van der Waals surface area contributed by atoms with E-state index in [1.807, 2.05) is 0 Å². The van der Waals surface area contributed by atoms with E-state index in [0.717, 1.165) is 24.8 Å². The van der Waals surface area contributed by atoms with Crippen LogP contribution in [-0.2, 0) is 4.74 Å². The number of fused-ring (bicyclic) bond motifs is 1. The van der Waals surface area contributed by atoms with Crippen molar-refractivity contribution in [3.63, 3.8) is 0 Å². The predicted octanol–water partition coefficient (Wildman–Crippen LogP) is 2.80. The summed E-state index contributed by atoms with van der Waals surface area (Å²) in [6.45, 7) is 0.0235. The van der Waals surface area contributed by atoms with Crippen LogP contribution in [-0.4, -0.2) is 32.8 Å². The summed E-state index contributed by atoms with van der Waals surface area (Å²) < 4.78 is 7.50. The molecule has 0 radical (unpaired) electrons. The average molecular weight is 302 g/mol. The summed E-state index contributed by atoms with van der Waals surface area (Å²) in [6, 6.07) is 3.43. The molecule has 3 rings (SSSR count). The van der Waals surface area contributed by atoms with Gasteiger partial charge in [0.25, 0.3) is 0 Å². The number of aliphatic hydroxyl groups excluding tert-OH is 1. The summed E-state index contributed by atoms with van der Waals surface area (Å²) in [5, 5.41) is 18.3. The van der Waals surface area contributed by atoms with Crippen LogP contribution in [0.4, 0.5) is 0 Å². The smallest absolute Gasteiger partial charge is 0.153 e. The second-order valence-corrected chi connectivity index (χ2v) is 5.43. The highest BCUT2D eigenvalue weighted by atomic mass is 35.5. The van der Waals surface area contributed by atoms with Crippen molar-refractivity contribution >= 4 is 34.2 Å². The fourth-order valence-corrected chi connectivity index (χ4v) is 2.66. The molecule has 1 fully saturated rings. The number of halogens is 2. The summed E-state index contributed by atoms with van der Waals surface area (Å²) in [4.78, 5) is 0. The van der Waals surface area contributed by atoms with Crippen LogP contribution in [0.15, 0.2) is 12.1 Å². The topological polar surface area (TPSA) is 60.2 Å². The molecule has 19 heavy (non-hydrogen) atoms. The Bertz CT molecular complexity index is 602. The molecule has 1 aliphatic rings. The molecule has 1 aromatic carbocycles. The van der Waals surface area contributed by atoms with Crippen LogP contribution in [0, 0.1) is 0 Å². The van der Waals surface area contributed by atoms with Crippen molar-refractivity contribution in [2.24, 2.45) is 0 Å². The molecule has 0 amide bonds. The zero-order chi connectivity index (χ0) is 13.4. The van der Waals surface area contributed by atoms with Gasteiger partial charge < -0.3 is 9.84 Å². The molecular formula is C12H13Cl2N3O2. The molecule has 0 unspecified atom stereocenters. The number of aromatic nitrogens is 3. The van der Waals surface area contributed by atoms with Crippen molar-refractivity contribution < 1.29 is 9.84 Å². The van der Waals surface area contributed by atoms with Gasteiger partial charge in [-0.1, -0.05) is 28.4 Å². The number of hydrogen-bond acceptors (Lipinski definition) is 4. The monoisotopic (exact) mass is 301 g/mol. The van der Waals surface area contributed by atoms with Gasteiger partial charge >= 0.3 is 0 Å². The third kappa shape index (κ3) is 2.43. The maximum absolute atomic E-state index is 9.19. The van der Waals surface area contributed by atoms with E-state index in [2.05, 4.69) is 10.3 Å². The third-order valence-corrected chi connectivity index (χ3v) is 4.04. The first-order valence-electron chi connectivity index (χ1n) is 6.15. The third-order valence-electron chi connectivity index (χ3n) is 3.32. The second kappa shape index (κ2) is 5.25. The van der Waals surface area contributed by atoms with Crippen LogP contribution >= 0.6 is 23.2 Å². The lowest BCUT2D eigenvalue weighted by molar-refractivity contribution is -0.110. The van der Waals surface area contributed by atoms with Gasteiger partial charge in [0, 0.05) is 0 Å². The molecule has 102 valence electrons. The molecule has 2 aromatic rings.